The van der Waals surface area contributed by atoms with E-state index in [0.717, 1.165) is 32.4 Å². The Bertz CT molecular complexity index is 479. The highest BCUT2D eigenvalue weighted by atomic mass is 35.5. The topological polar surface area (TPSA) is 41.1 Å². The number of benzene rings is 1. The molecule has 0 radical (unpaired) electrons. The van der Waals surface area contributed by atoms with E-state index in [1.165, 1.54) is 18.6 Å². The number of carbonyl (C=O) groups is 1. The van der Waals surface area contributed by atoms with E-state index in [1.807, 2.05) is 0 Å². The van der Waals surface area contributed by atoms with Crippen LogP contribution >= 0.6 is 12.4 Å². The lowest BCUT2D eigenvalue weighted by Gasteiger charge is -2.37. The van der Waals surface area contributed by atoms with E-state index in [0.29, 0.717) is 11.6 Å². The smallest absolute Gasteiger partial charge is 0.232 e. The number of amides is 1. The highest BCUT2D eigenvalue weighted by Crippen LogP contribution is 2.44. The first kappa shape index (κ1) is 15.3. The third-order valence-corrected chi connectivity index (χ3v) is 4.59. The highest BCUT2D eigenvalue weighted by Gasteiger charge is 2.49. The first-order valence-corrected chi connectivity index (χ1v) is 6.98. The van der Waals surface area contributed by atoms with E-state index in [1.54, 1.807) is 12.1 Å². The predicted octanol–water partition coefficient (Wildman–Crippen LogP) is 2.97. The zero-order valence-electron chi connectivity index (χ0n) is 11.3. The van der Waals surface area contributed by atoms with Gasteiger partial charge >= 0.3 is 0 Å². The molecule has 3 rings (SSSR count). The molecule has 1 heterocycles. The molecule has 1 aliphatic heterocycles. The molecule has 1 aromatic rings. The maximum atomic E-state index is 12.9. The summed E-state index contributed by atoms with van der Waals surface area (Å²) in [6.45, 7) is 1.71. The molecule has 3 nitrogen and oxygen atoms in total. The van der Waals surface area contributed by atoms with Crippen LogP contribution in [0.3, 0.4) is 0 Å². The van der Waals surface area contributed by atoms with Crippen molar-refractivity contribution >= 4 is 24.0 Å². The Balaban J connectivity index is 0.00000147. The molecule has 0 spiro atoms. The van der Waals surface area contributed by atoms with Crippen molar-refractivity contribution in [3.05, 3.63) is 30.1 Å². The Labute approximate surface area is 124 Å². The molecule has 1 aromatic carbocycles. The summed E-state index contributed by atoms with van der Waals surface area (Å²) in [4.78, 5) is 12.6. The van der Waals surface area contributed by atoms with Crippen LogP contribution < -0.4 is 10.6 Å². The summed E-state index contributed by atoms with van der Waals surface area (Å²) in [5.74, 6) is 0.254. The van der Waals surface area contributed by atoms with Crippen LogP contribution in [-0.2, 0) is 4.79 Å². The Kier molecular flexibility index (Phi) is 4.66. The molecule has 20 heavy (non-hydrogen) atoms. The summed E-state index contributed by atoms with van der Waals surface area (Å²) in [6.07, 6.45) is 4.43. The quantitative estimate of drug-likeness (QED) is 0.881. The van der Waals surface area contributed by atoms with Crippen molar-refractivity contribution in [2.45, 2.75) is 25.7 Å². The van der Waals surface area contributed by atoms with Gasteiger partial charge in [-0.2, -0.15) is 0 Å². The summed E-state index contributed by atoms with van der Waals surface area (Å²) in [6, 6.07) is 5.98. The van der Waals surface area contributed by atoms with E-state index in [2.05, 4.69) is 10.6 Å². The van der Waals surface area contributed by atoms with Crippen LogP contribution in [0, 0.1) is 17.2 Å². The van der Waals surface area contributed by atoms with E-state index >= 15 is 0 Å². The molecule has 0 unspecified atom stereocenters. The summed E-state index contributed by atoms with van der Waals surface area (Å²) in [5.41, 5.74) is 0.420. The average Bonchev–Trinajstić information content (AvgIpc) is 2.86. The van der Waals surface area contributed by atoms with E-state index in [-0.39, 0.29) is 29.5 Å². The van der Waals surface area contributed by atoms with Gasteiger partial charge in [0.2, 0.25) is 5.91 Å². The first-order valence-electron chi connectivity index (χ1n) is 6.98. The van der Waals surface area contributed by atoms with Crippen molar-refractivity contribution in [2.75, 3.05) is 18.4 Å². The zero-order chi connectivity index (χ0) is 13.3. The molecular formula is C15H20ClFN2O. The summed E-state index contributed by atoms with van der Waals surface area (Å²) < 4.78 is 12.9. The average molecular weight is 299 g/mol. The minimum atomic E-state index is -0.283. The molecule has 2 aliphatic rings. The minimum absolute atomic E-state index is 0. The van der Waals surface area contributed by atoms with Crippen LogP contribution in [0.15, 0.2) is 24.3 Å². The molecule has 1 amide bonds. The Morgan fingerprint density at radius 1 is 1.30 bits per heavy atom. The molecule has 1 saturated carbocycles. The van der Waals surface area contributed by atoms with Gasteiger partial charge in [-0.05, 0) is 49.6 Å². The van der Waals surface area contributed by atoms with Crippen molar-refractivity contribution in [1.82, 2.24) is 5.32 Å². The SMILES string of the molecule is Cl.O=C(Nc1ccc(F)cc1)[C@@]12CCCC[C@H]1CNC2. The third kappa shape index (κ3) is 2.67. The highest BCUT2D eigenvalue weighted by molar-refractivity contribution is 5.96. The molecule has 1 aliphatic carbocycles. The van der Waals surface area contributed by atoms with Crippen LogP contribution in [0.1, 0.15) is 25.7 Å². The summed E-state index contributed by atoms with van der Waals surface area (Å²) in [7, 11) is 0. The fourth-order valence-corrected chi connectivity index (χ4v) is 3.48. The molecule has 5 heteroatoms. The second-order valence-electron chi connectivity index (χ2n) is 5.69. The Morgan fingerprint density at radius 2 is 2.05 bits per heavy atom. The first-order chi connectivity index (χ1) is 9.21. The van der Waals surface area contributed by atoms with Crippen LogP contribution in [0.2, 0.25) is 0 Å². The van der Waals surface area contributed by atoms with Gasteiger partial charge in [-0.25, -0.2) is 4.39 Å². The second kappa shape index (κ2) is 6.10. The van der Waals surface area contributed by atoms with Crippen molar-refractivity contribution < 1.29 is 9.18 Å². The van der Waals surface area contributed by atoms with Gasteiger partial charge in [0.15, 0.2) is 0 Å². The van der Waals surface area contributed by atoms with Crippen LogP contribution in [0.25, 0.3) is 0 Å². The van der Waals surface area contributed by atoms with Gasteiger partial charge < -0.3 is 10.6 Å². The fraction of sp³-hybridized carbons (Fsp3) is 0.533. The van der Waals surface area contributed by atoms with E-state index < -0.39 is 0 Å². The second-order valence-corrected chi connectivity index (χ2v) is 5.69. The molecule has 2 atom stereocenters. The fourth-order valence-electron chi connectivity index (χ4n) is 3.48. The maximum absolute atomic E-state index is 12.9. The van der Waals surface area contributed by atoms with E-state index in [9.17, 15) is 9.18 Å². The lowest BCUT2D eigenvalue weighted by Crippen LogP contribution is -2.44. The third-order valence-electron chi connectivity index (χ3n) is 4.59. The summed E-state index contributed by atoms with van der Waals surface area (Å²) >= 11 is 0. The van der Waals surface area contributed by atoms with Crippen LogP contribution in [0.4, 0.5) is 10.1 Å². The van der Waals surface area contributed by atoms with Crippen LogP contribution in [-0.4, -0.2) is 19.0 Å². The van der Waals surface area contributed by atoms with Gasteiger partial charge in [-0.15, -0.1) is 12.4 Å². The van der Waals surface area contributed by atoms with Crippen molar-refractivity contribution in [2.24, 2.45) is 11.3 Å². The lowest BCUT2D eigenvalue weighted by atomic mass is 9.67. The largest absolute Gasteiger partial charge is 0.326 e. The number of hydrogen-bond donors (Lipinski definition) is 2. The van der Waals surface area contributed by atoms with Gasteiger partial charge in [0.25, 0.3) is 0 Å². The van der Waals surface area contributed by atoms with Gasteiger partial charge in [0.05, 0.1) is 5.41 Å². The zero-order valence-corrected chi connectivity index (χ0v) is 12.1. The van der Waals surface area contributed by atoms with Gasteiger partial charge in [0.1, 0.15) is 5.82 Å². The molecule has 2 N–H and O–H groups in total. The maximum Gasteiger partial charge on any atom is 0.232 e. The van der Waals surface area contributed by atoms with Crippen molar-refractivity contribution in [1.29, 1.82) is 0 Å². The Morgan fingerprint density at radius 3 is 2.80 bits per heavy atom. The lowest BCUT2D eigenvalue weighted by molar-refractivity contribution is -0.128. The number of halogens is 2. The van der Waals surface area contributed by atoms with Gasteiger partial charge in [-0.3, -0.25) is 4.79 Å². The molecule has 0 bridgehead atoms. The molecule has 0 aromatic heterocycles. The predicted molar refractivity (Wildman–Crippen MR) is 79.5 cm³/mol. The number of rotatable bonds is 2. The normalized spacial score (nSPS) is 28.4. The number of nitrogens with one attached hydrogen (secondary N) is 2. The molecule has 2 fully saturated rings. The summed E-state index contributed by atoms with van der Waals surface area (Å²) in [5, 5.41) is 6.32. The van der Waals surface area contributed by atoms with Gasteiger partial charge in [0, 0.05) is 12.2 Å². The molecule has 110 valence electrons. The van der Waals surface area contributed by atoms with Gasteiger partial charge in [-0.1, -0.05) is 12.8 Å². The van der Waals surface area contributed by atoms with Crippen molar-refractivity contribution in [3.8, 4) is 0 Å². The number of fused-ring (bicyclic) bond motifs is 1. The molecular weight excluding hydrogens is 279 g/mol. The standard InChI is InChI=1S/C15H19FN2O.ClH/c16-12-4-6-13(7-5-12)18-14(19)15-8-2-1-3-11(15)9-17-10-15;/h4-7,11,17H,1-3,8-10H2,(H,18,19);1H/t11-,15+;/m0./s1. The number of hydrogen-bond acceptors (Lipinski definition) is 2. The Hall–Kier alpha value is -1.13. The minimum Gasteiger partial charge on any atom is -0.326 e. The number of anilines is 1. The number of carbonyl (C=O) groups excluding carboxylic acids is 1. The monoisotopic (exact) mass is 298 g/mol. The van der Waals surface area contributed by atoms with Crippen LogP contribution in [0.5, 0.6) is 0 Å². The van der Waals surface area contributed by atoms with E-state index in [4.69, 9.17) is 0 Å². The molecule has 1 saturated heterocycles. The van der Waals surface area contributed by atoms with Crippen molar-refractivity contribution in [3.63, 3.8) is 0 Å².